The minimum absolute atomic E-state index is 0.0531. The quantitative estimate of drug-likeness (QED) is 0.675. The highest BCUT2D eigenvalue weighted by Gasteiger charge is 2.40. The Hall–Kier alpha value is -3.20. The van der Waals surface area contributed by atoms with Crippen molar-refractivity contribution in [3.8, 4) is 22.6 Å². The molecule has 0 spiro atoms. The Morgan fingerprint density at radius 1 is 1.15 bits per heavy atom. The van der Waals surface area contributed by atoms with Gasteiger partial charge in [-0.25, -0.2) is 0 Å². The molecule has 0 saturated carbocycles. The molecule has 0 aromatic heterocycles. The number of hydrogen-bond donors (Lipinski definition) is 2. The van der Waals surface area contributed by atoms with Gasteiger partial charge in [0, 0.05) is 24.2 Å². The Morgan fingerprint density at radius 3 is 2.70 bits per heavy atom. The van der Waals surface area contributed by atoms with Crippen molar-refractivity contribution in [3.05, 3.63) is 42.0 Å². The molecule has 2 aliphatic heterocycles. The van der Waals surface area contributed by atoms with E-state index in [1.807, 2.05) is 24.5 Å². The Kier molecular flexibility index (Phi) is 6.78. The molecular formula is C24H27N3O5S. The number of rotatable bonds is 6. The van der Waals surface area contributed by atoms with Crippen molar-refractivity contribution in [1.82, 2.24) is 10.2 Å². The van der Waals surface area contributed by atoms with Crippen molar-refractivity contribution in [2.75, 3.05) is 38.1 Å². The van der Waals surface area contributed by atoms with Gasteiger partial charge in [-0.15, -0.1) is 0 Å². The van der Waals surface area contributed by atoms with Gasteiger partial charge < -0.3 is 25.0 Å². The van der Waals surface area contributed by atoms with E-state index in [2.05, 4.69) is 10.6 Å². The summed E-state index contributed by atoms with van der Waals surface area (Å²) in [5, 5.41) is 5.89. The summed E-state index contributed by atoms with van der Waals surface area (Å²) in [5.74, 6) is 1.18. The average molecular weight is 470 g/mol. The molecule has 2 aliphatic rings. The predicted octanol–water partition coefficient (Wildman–Crippen LogP) is 2.78. The molecule has 1 fully saturated rings. The first-order chi connectivity index (χ1) is 15.9. The van der Waals surface area contributed by atoms with Gasteiger partial charge in [0.25, 0.3) is 5.91 Å². The van der Waals surface area contributed by atoms with Gasteiger partial charge in [0.2, 0.25) is 11.8 Å². The largest absolute Gasteiger partial charge is 0.497 e. The van der Waals surface area contributed by atoms with Gasteiger partial charge in [0.15, 0.2) is 0 Å². The van der Waals surface area contributed by atoms with Crippen LogP contribution in [-0.2, 0) is 9.59 Å². The molecule has 1 saturated heterocycles. The van der Waals surface area contributed by atoms with E-state index >= 15 is 0 Å². The minimum Gasteiger partial charge on any atom is -0.497 e. The van der Waals surface area contributed by atoms with Crippen LogP contribution in [-0.4, -0.2) is 67.5 Å². The van der Waals surface area contributed by atoms with Crippen molar-refractivity contribution in [3.63, 3.8) is 0 Å². The maximum atomic E-state index is 13.5. The van der Waals surface area contributed by atoms with Crippen LogP contribution < -0.4 is 20.1 Å². The molecule has 3 amide bonds. The van der Waals surface area contributed by atoms with Crippen LogP contribution in [0.15, 0.2) is 36.4 Å². The summed E-state index contributed by atoms with van der Waals surface area (Å²) in [5.41, 5.74) is 2.54. The van der Waals surface area contributed by atoms with E-state index in [1.165, 1.54) is 11.8 Å². The van der Waals surface area contributed by atoms with Crippen molar-refractivity contribution < 1.29 is 23.9 Å². The highest BCUT2D eigenvalue weighted by atomic mass is 32.2. The second-order valence-electron chi connectivity index (χ2n) is 8.05. The molecular weight excluding hydrogens is 442 g/mol. The molecule has 2 atom stereocenters. The fourth-order valence-corrected chi connectivity index (χ4v) is 4.74. The lowest BCUT2D eigenvalue weighted by atomic mass is 9.95. The summed E-state index contributed by atoms with van der Waals surface area (Å²) in [7, 11) is 3.17. The third-order valence-corrected chi connectivity index (χ3v) is 6.58. The fourth-order valence-electron chi connectivity index (χ4n) is 4.39. The zero-order chi connectivity index (χ0) is 23.5. The summed E-state index contributed by atoms with van der Waals surface area (Å²) in [4.78, 5) is 40.1. The van der Waals surface area contributed by atoms with Gasteiger partial charge >= 0.3 is 0 Å². The number of hydrogen-bond acceptors (Lipinski definition) is 6. The number of methoxy groups -OCH3 is 2. The number of thioether (sulfide) groups is 1. The van der Waals surface area contributed by atoms with E-state index in [1.54, 1.807) is 37.3 Å². The van der Waals surface area contributed by atoms with Crippen LogP contribution in [0.25, 0.3) is 11.1 Å². The number of carbonyl (C=O) groups excluding carboxylic acids is 3. The Balaban J connectivity index is 1.62. The van der Waals surface area contributed by atoms with Crippen molar-refractivity contribution in [1.29, 1.82) is 0 Å². The first-order valence-corrected chi connectivity index (χ1v) is 12.1. The number of amides is 3. The number of carbonyl (C=O) groups is 3. The Bertz CT molecular complexity index is 1090. The van der Waals surface area contributed by atoms with E-state index in [-0.39, 0.29) is 23.8 Å². The summed E-state index contributed by atoms with van der Waals surface area (Å²) in [6.45, 7) is 0.399. The monoisotopic (exact) mass is 469 g/mol. The molecule has 174 valence electrons. The first kappa shape index (κ1) is 23.0. The molecule has 8 nitrogen and oxygen atoms in total. The number of benzene rings is 2. The van der Waals surface area contributed by atoms with Crippen molar-refractivity contribution in [2.24, 2.45) is 0 Å². The topological polar surface area (TPSA) is 97.0 Å². The lowest BCUT2D eigenvalue weighted by molar-refractivity contribution is -0.123. The third kappa shape index (κ3) is 4.64. The normalized spacial score (nSPS) is 19.7. The summed E-state index contributed by atoms with van der Waals surface area (Å²) in [6.07, 6.45) is 2.87. The van der Waals surface area contributed by atoms with Crippen LogP contribution in [0.5, 0.6) is 11.5 Å². The molecule has 0 bridgehead atoms. The van der Waals surface area contributed by atoms with E-state index in [0.717, 1.165) is 11.1 Å². The molecule has 0 radical (unpaired) electrons. The van der Waals surface area contributed by atoms with Gasteiger partial charge in [-0.3, -0.25) is 14.4 Å². The molecule has 2 N–H and O–H groups in total. The molecule has 9 heteroatoms. The van der Waals surface area contributed by atoms with E-state index < -0.39 is 6.04 Å². The zero-order valence-corrected chi connectivity index (χ0v) is 19.7. The number of ether oxygens (including phenoxy) is 2. The van der Waals surface area contributed by atoms with Gasteiger partial charge in [0.1, 0.15) is 17.5 Å². The highest BCUT2D eigenvalue weighted by molar-refractivity contribution is 7.99. The SMILES string of the molecule is COc1ccc(-c2ccc3c(c2)C(=O)N2CCC(NC(=O)CSC)CC2C(=O)N3)c(OC)c1. The summed E-state index contributed by atoms with van der Waals surface area (Å²) >= 11 is 1.45. The van der Waals surface area contributed by atoms with Crippen LogP contribution in [0.3, 0.4) is 0 Å². The third-order valence-electron chi connectivity index (χ3n) is 6.03. The summed E-state index contributed by atoms with van der Waals surface area (Å²) < 4.78 is 10.8. The molecule has 2 heterocycles. The smallest absolute Gasteiger partial charge is 0.256 e. The number of nitrogens with zero attached hydrogens (tertiary/aromatic N) is 1. The molecule has 2 aromatic rings. The van der Waals surface area contributed by atoms with Crippen LogP contribution >= 0.6 is 11.8 Å². The second kappa shape index (κ2) is 9.74. The van der Waals surface area contributed by atoms with E-state index in [4.69, 9.17) is 9.47 Å². The molecule has 0 aliphatic carbocycles. The second-order valence-corrected chi connectivity index (χ2v) is 8.92. The van der Waals surface area contributed by atoms with Crippen LogP contribution in [0.2, 0.25) is 0 Å². The molecule has 4 rings (SSSR count). The van der Waals surface area contributed by atoms with Crippen molar-refractivity contribution >= 4 is 35.2 Å². The molecule has 2 aromatic carbocycles. The van der Waals surface area contributed by atoms with E-state index in [9.17, 15) is 14.4 Å². The number of nitrogens with one attached hydrogen (secondary N) is 2. The number of piperidine rings is 1. The average Bonchev–Trinajstić information content (AvgIpc) is 2.92. The van der Waals surface area contributed by atoms with Gasteiger partial charge in [-0.05, 0) is 48.9 Å². The van der Waals surface area contributed by atoms with Crippen LogP contribution in [0.4, 0.5) is 5.69 Å². The maximum Gasteiger partial charge on any atom is 0.256 e. The fraction of sp³-hybridized carbons (Fsp3) is 0.375. The highest BCUT2D eigenvalue weighted by Crippen LogP contribution is 2.36. The summed E-state index contributed by atoms with van der Waals surface area (Å²) in [6, 6.07) is 10.1. The minimum atomic E-state index is -0.628. The van der Waals surface area contributed by atoms with Crippen molar-refractivity contribution in [2.45, 2.75) is 24.9 Å². The van der Waals surface area contributed by atoms with Crippen LogP contribution in [0, 0.1) is 0 Å². The van der Waals surface area contributed by atoms with Crippen LogP contribution in [0.1, 0.15) is 23.2 Å². The van der Waals surface area contributed by atoms with Gasteiger partial charge in [-0.2, -0.15) is 11.8 Å². The lowest BCUT2D eigenvalue weighted by Crippen LogP contribution is -2.55. The van der Waals surface area contributed by atoms with E-state index in [0.29, 0.717) is 47.9 Å². The first-order valence-electron chi connectivity index (χ1n) is 10.7. The number of anilines is 1. The standard InChI is InChI=1S/C24H27N3O5S/c1-31-16-5-6-17(21(12-16)32-2)14-4-7-19-18(10-14)24(30)27-9-8-15(25-22(28)13-33-3)11-20(27)23(29)26-19/h4-7,10,12,15,20H,8-9,11,13H2,1-3H3,(H,25,28)(H,26,29). The Morgan fingerprint density at radius 2 is 1.97 bits per heavy atom. The molecule has 33 heavy (non-hydrogen) atoms. The maximum absolute atomic E-state index is 13.5. The number of fused-ring (bicyclic) bond motifs is 2. The lowest BCUT2D eigenvalue weighted by Gasteiger charge is -2.37. The Labute approximate surface area is 197 Å². The van der Waals surface area contributed by atoms with Gasteiger partial charge in [-0.1, -0.05) is 6.07 Å². The molecule has 2 unspecified atom stereocenters. The predicted molar refractivity (Wildman–Crippen MR) is 128 cm³/mol. The zero-order valence-electron chi connectivity index (χ0n) is 18.8. The van der Waals surface area contributed by atoms with Gasteiger partial charge in [0.05, 0.1) is 31.2 Å².